The lowest BCUT2D eigenvalue weighted by molar-refractivity contribution is -0.161. The molecule has 0 aromatic carbocycles. The van der Waals surface area contributed by atoms with Crippen LogP contribution in [0.4, 0.5) is 0 Å². The first kappa shape index (κ1) is 92.5. The summed E-state index contributed by atoms with van der Waals surface area (Å²) in [6.07, 6.45) is 55.1. The van der Waals surface area contributed by atoms with Crippen LogP contribution in [0.15, 0.2) is 24.3 Å². The molecule has 0 aliphatic rings. The zero-order valence-corrected chi connectivity index (χ0v) is 63.4. The Kier molecular flexibility index (Phi) is 64.4. The molecule has 0 radical (unpaired) electrons. The zero-order valence-electron chi connectivity index (χ0n) is 61.6. The normalized spacial score (nSPS) is 14.5. The van der Waals surface area contributed by atoms with Gasteiger partial charge < -0.3 is 33.8 Å². The molecule has 560 valence electrons. The van der Waals surface area contributed by atoms with Crippen LogP contribution in [0.2, 0.25) is 0 Å². The summed E-state index contributed by atoms with van der Waals surface area (Å²) in [7, 11) is -9.92. The Morgan fingerprint density at radius 3 is 0.937 bits per heavy atom. The van der Waals surface area contributed by atoms with Crippen LogP contribution in [0.5, 0.6) is 0 Å². The highest BCUT2D eigenvalue weighted by atomic mass is 31.2. The van der Waals surface area contributed by atoms with E-state index >= 15 is 0 Å². The van der Waals surface area contributed by atoms with Crippen LogP contribution >= 0.6 is 15.6 Å². The second kappa shape index (κ2) is 66.1. The molecule has 3 unspecified atom stereocenters. The highest BCUT2D eigenvalue weighted by Crippen LogP contribution is 2.45. The molecule has 19 heteroatoms. The van der Waals surface area contributed by atoms with Gasteiger partial charge >= 0.3 is 39.5 Å². The summed E-state index contributed by atoms with van der Waals surface area (Å²) in [5.41, 5.74) is 0. The number of esters is 4. The fourth-order valence-electron chi connectivity index (χ4n) is 11.0. The van der Waals surface area contributed by atoms with E-state index in [2.05, 4.69) is 72.8 Å². The third-order valence-electron chi connectivity index (χ3n) is 17.4. The lowest BCUT2D eigenvalue weighted by Gasteiger charge is -2.21. The molecule has 0 spiro atoms. The predicted octanol–water partition coefficient (Wildman–Crippen LogP) is 21.7. The summed E-state index contributed by atoms with van der Waals surface area (Å²) in [6.45, 7) is 11.8. The number of carbonyl (C=O) groups excluding carboxylic acids is 4. The van der Waals surface area contributed by atoms with Crippen molar-refractivity contribution in [3.63, 3.8) is 0 Å². The van der Waals surface area contributed by atoms with Crippen LogP contribution in [-0.4, -0.2) is 96.7 Å². The third kappa shape index (κ3) is 68.5. The van der Waals surface area contributed by atoms with E-state index in [1.807, 2.05) is 0 Å². The van der Waals surface area contributed by atoms with Gasteiger partial charge in [-0.25, -0.2) is 9.13 Å². The molecule has 0 rings (SSSR count). The quantitative estimate of drug-likeness (QED) is 0.0169. The number of ether oxygens (including phenoxy) is 4. The number of unbranched alkanes of at least 4 members (excludes halogenated alkanes) is 36. The van der Waals surface area contributed by atoms with Crippen LogP contribution in [0, 0.1) is 17.8 Å². The number of hydrogen-bond acceptors (Lipinski definition) is 15. The molecule has 0 bridgehead atoms. The summed E-state index contributed by atoms with van der Waals surface area (Å²) < 4.78 is 68.4. The molecule has 0 saturated carbocycles. The molecule has 0 saturated heterocycles. The maximum Gasteiger partial charge on any atom is 0.472 e. The highest BCUT2D eigenvalue weighted by Gasteiger charge is 2.30. The summed E-state index contributed by atoms with van der Waals surface area (Å²) in [5.74, 6) is 0.105. The van der Waals surface area contributed by atoms with Crippen LogP contribution in [0.1, 0.15) is 363 Å². The second-order valence-electron chi connectivity index (χ2n) is 27.9. The lowest BCUT2D eigenvalue weighted by Crippen LogP contribution is -2.30. The van der Waals surface area contributed by atoms with Crippen molar-refractivity contribution in [1.82, 2.24) is 0 Å². The second-order valence-corrected chi connectivity index (χ2v) is 30.8. The van der Waals surface area contributed by atoms with E-state index in [1.54, 1.807) is 0 Å². The van der Waals surface area contributed by atoms with Crippen molar-refractivity contribution in [2.24, 2.45) is 17.8 Å². The van der Waals surface area contributed by atoms with E-state index in [-0.39, 0.29) is 25.7 Å². The fourth-order valence-corrected chi connectivity index (χ4v) is 12.6. The van der Waals surface area contributed by atoms with Gasteiger partial charge in [0.1, 0.15) is 19.3 Å². The van der Waals surface area contributed by atoms with E-state index in [9.17, 15) is 43.2 Å². The molecule has 0 aliphatic carbocycles. The monoisotopic (exact) mass is 1390 g/mol. The molecule has 0 aliphatic heterocycles. The fraction of sp³-hybridized carbons (Fsp3) is 0.895. The van der Waals surface area contributed by atoms with Crippen LogP contribution in [-0.2, 0) is 65.4 Å². The number of phosphoric acid groups is 2. The SMILES string of the molecule is CCCCCC/C=C\C=C/CCCCCCCC(=O)O[C@H](COC(=O)CCCCCCCCCCCCCCCCCCC(C)C)COP(=O)(O)OC[C@@H](O)COP(=O)(O)OC[C@@H](COC(=O)CCCCCCCCC(C)CC)OC(=O)CCCCCCCCCCC(C)C. The summed E-state index contributed by atoms with van der Waals surface area (Å²) in [4.78, 5) is 72.7. The van der Waals surface area contributed by atoms with Gasteiger partial charge in [-0.3, -0.25) is 37.3 Å². The summed E-state index contributed by atoms with van der Waals surface area (Å²) >= 11 is 0. The number of aliphatic hydroxyl groups excluding tert-OH is 1. The van der Waals surface area contributed by atoms with Crippen molar-refractivity contribution in [3.8, 4) is 0 Å². The first-order valence-electron chi connectivity index (χ1n) is 38.7. The maximum atomic E-state index is 13.1. The van der Waals surface area contributed by atoms with E-state index in [0.29, 0.717) is 31.6 Å². The molecule has 0 amide bonds. The lowest BCUT2D eigenvalue weighted by atomic mass is 10.00. The molecule has 0 fully saturated rings. The van der Waals surface area contributed by atoms with Crippen LogP contribution in [0.25, 0.3) is 0 Å². The maximum absolute atomic E-state index is 13.1. The Hall–Kier alpha value is -2.46. The first-order chi connectivity index (χ1) is 45.8. The van der Waals surface area contributed by atoms with E-state index in [0.717, 1.165) is 121 Å². The van der Waals surface area contributed by atoms with Crippen LogP contribution < -0.4 is 0 Å². The van der Waals surface area contributed by atoms with Crippen molar-refractivity contribution >= 4 is 39.5 Å². The van der Waals surface area contributed by atoms with E-state index < -0.39 is 97.5 Å². The molecule has 17 nitrogen and oxygen atoms in total. The van der Waals surface area contributed by atoms with E-state index in [4.69, 9.17) is 37.0 Å². The number of rotatable bonds is 72. The average molecular weight is 1390 g/mol. The Labute approximate surface area is 580 Å². The first-order valence-corrected chi connectivity index (χ1v) is 41.7. The number of carbonyl (C=O) groups is 4. The van der Waals surface area contributed by atoms with Gasteiger partial charge in [-0.2, -0.15) is 0 Å². The van der Waals surface area contributed by atoms with Gasteiger partial charge in [0.2, 0.25) is 0 Å². The minimum absolute atomic E-state index is 0.0849. The van der Waals surface area contributed by atoms with Gasteiger partial charge in [0.05, 0.1) is 26.4 Å². The molecular formula is C76H144O17P2. The Balaban J connectivity index is 5.26. The number of phosphoric ester groups is 2. The number of aliphatic hydroxyl groups is 1. The van der Waals surface area contributed by atoms with Gasteiger partial charge in [-0.15, -0.1) is 0 Å². The van der Waals surface area contributed by atoms with Gasteiger partial charge in [-0.1, -0.05) is 310 Å². The van der Waals surface area contributed by atoms with Crippen molar-refractivity contribution in [2.75, 3.05) is 39.6 Å². The number of allylic oxidation sites excluding steroid dienone is 4. The van der Waals surface area contributed by atoms with Crippen LogP contribution in [0.3, 0.4) is 0 Å². The van der Waals surface area contributed by atoms with Crippen molar-refractivity contribution in [3.05, 3.63) is 24.3 Å². The minimum atomic E-state index is -4.97. The smallest absolute Gasteiger partial charge is 0.462 e. The molecule has 3 N–H and O–H groups in total. The Morgan fingerprint density at radius 2 is 0.621 bits per heavy atom. The molecule has 6 atom stereocenters. The minimum Gasteiger partial charge on any atom is -0.462 e. The molecule has 0 aromatic heterocycles. The summed E-state index contributed by atoms with van der Waals surface area (Å²) in [6, 6.07) is 0. The van der Waals surface area contributed by atoms with Crippen molar-refractivity contribution in [2.45, 2.75) is 381 Å². The molecule has 95 heavy (non-hydrogen) atoms. The standard InChI is InChI=1S/C76H144O17P2/c1-8-10-11-12-13-14-15-16-19-24-27-30-36-45-52-59-75(80)92-71(63-86-73(78)57-50-43-35-29-26-23-21-18-17-20-22-25-28-33-40-47-54-67(3)4)65-90-94(82,83)88-61-70(77)62-89-95(84,85)91-66-72(64-87-74(79)58-51-44-39-38-42-49-56-69(7)9-2)93-76(81)60-53-46-37-32-31-34-41-48-55-68(5)6/h14-16,19,67-72,77H,8-13,17-18,20-66H2,1-7H3,(H,82,83)(H,84,85)/b15-14-,19-16-/t69?,70-,71-,72-/m1/s1. The van der Waals surface area contributed by atoms with Gasteiger partial charge in [-0.05, 0) is 69.1 Å². The van der Waals surface area contributed by atoms with Crippen molar-refractivity contribution in [1.29, 1.82) is 0 Å². The molecule has 0 heterocycles. The topological polar surface area (TPSA) is 237 Å². The van der Waals surface area contributed by atoms with Gasteiger partial charge in [0.15, 0.2) is 12.2 Å². The number of hydrogen-bond donors (Lipinski definition) is 3. The Bertz CT molecular complexity index is 1950. The molecule has 0 aromatic rings. The summed E-state index contributed by atoms with van der Waals surface area (Å²) in [5, 5.41) is 10.6. The third-order valence-corrected chi connectivity index (χ3v) is 19.3. The van der Waals surface area contributed by atoms with Gasteiger partial charge in [0, 0.05) is 25.7 Å². The van der Waals surface area contributed by atoms with Crippen molar-refractivity contribution < 1.29 is 80.2 Å². The Morgan fingerprint density at radius 1 is 0.347 bits per heavy atom. The van der Waals surface area contributed by atoms with Gasteiger partial charge in [0.25, 0.3) is 0 Å². The van der Waals surface area contributed by atoms with E-state index in [1.165, 1.54) is 154 Å². The molecular weight excluding hydrogens is 1250 g/mol. The highest BCUT2D eigenvalue weighted by molar-refractivity contribution is 7.47. The average Bonchev–Trinajstić information content (AvgIpc) is 3.72. The largest absolute Gasteiger partial charge is 0.472 e. The predicted molar refractivity (Wildman–Crippen MR) is 386 cm³/mol. The zero-order chi connectivity index (χ0) is 70.1.